The van der Waals surface area contributed by atoms with Gasteiger partial charge in [0.25, 0.3) is 0 Å². The molecule has 9 heteroatoms. The van der Waals surface area contributed by atoms with E-state index in [9.17, 15) is 19.7 Å². The fraction of sp³-hybridized carbons (Fsp3) is 0.211. The summed E-state index contributed by atoms with van der Waals surface area (Å²) in [4.78, 5) is 41.2. The topological polar surface area (TPSA) is 110 Å². The van der Waals surface area contributed by atoms with Gasteiger partial charge in [0.05, 0.1) is 11.5 Å². The highest BCUT2D eigenvalue weighted by atomic mass is 16.6. The Balaban J connectivity index is 1.92. The number of likely N-dealkylation sites (N-methyl/N-ethyl adjacent to an activating group) is 1. The third-order valence-electron chi connectivity index (χ3n) is 4.50. The molecule has 0 aliphatic heterocycles. The van der Waals surface area contributed by atoms with Gasteiger partial charge in [0, 0.05) is 18.9 Å². The Bertz CT molecular complexity index is 1140. The van der Waals surface area contributed by atoms with Crippen LogP contribution in [-0.4, -0.2) is 33.8 Å². The van der Waals surface area contributed by atoms with Crippen molar-refractivity contribution in [3.8, 4) is 0 Å². The van der Waals surface area contributed by atoms with Crippen molar-refractivity contribution < 1.29 is 9.72 Å². The molecule has 0 spiro atoms. The van der Waals surface area contributed by atoms with E-state index in [1.165, 1.54) is 18.1 Å². The quantitative estimate of drug-likeness (QED) is 0.536. The molecule has 0 atom stereocenters. The van der Waals surface area contributed by atoms with Crippen LogP contribution in [0.15, 0.2) is 47.4 Å². The van der Waals surface area contributed by atoms with Gasteiger partial charge < -0.3 is 10.2 Å². The van der Waals surface area contributed by atoms with Gasteiger partial charge in [-0.1, -0.05) is 18.2 Å². The first-order chi connectivity index (χ1) is 13.3. The van der Waals surface area contributed by atoms with E-state index in [1.54, 1.807) is 24.3 Å². The van der Waals surface area contributed by atoms with Gasteiger partial charge in [-0.15, -0.1) is 0 Å². The molecule has 0 bridgehead atoms. The summed E-state index contributed by atoms with van der Waals surface area (Å²) in [6.45, 7) is 3.63. The number of anilines is 2. The number of benzene rings is 1. The van der Waals surface area contributed by atoms with Crippen molar-refractivity contribution in [2.24, 2.45) is 0 Å². The number of aryl methyl sites for hydroxylation is 1. The number of hydrogen-bond acceptors (Lipinski definition) is 6. The number of nitrogens with one attached hydrogen (secondary N) is 1. The number of hydrogen-bond donors (Lipinski definition) is 1. The molecule has 1 N–H and O–H groups in total. The first-order valence-corrected chi connectivity index (χ1v) is 8.52. The lowest BCUT2D eigenvalue weighted by atomic mass is 10.1. The Morgan fingerprint density at radius 1 is 1.25 bits per heavy atom. The Hall–Kier alpha value is -3.75. The minimum Gasteiger partial charge on any atom is -0.344 e. The molecule has 0 aliphatic rings. The second kappa shape index (κ2) is 7.47. The molecule has 1 amide bonds. The van der Waals surface area contributed by atoms with E-state index in [2.05, 4.69) is 10.3 Å². The van der Waals surface area contributed by atoms with Gasteiger partial charge in [0.15, 0.2) is 0 Å². The van der Waals surface area contributed by atoms with Crippen LogP contribution in [0.3, 0.4) is 0 Å². The molecular formula is C19H19N5O4. The Morgan fingerprint density at radius 3 is 2.71 bits per heavy atom. The number of rotatable bonds is 5. The van der Waals surface area contributed by atoms with Crippen molar-refractivity contribution in [1.82, 2.24) is 9.38 Å². The van der Waals surface area contributed by atoms with Crippen molar-refractivity contribution in [2.45, 2.75) is 13.8 Å². The zero-order valence-corrected chi connectivity index (χ0v) is 15.7. The summed E-state index contributed by atoms with van der Waals surface area (Å²) in [7, 11) is 1.48. The molecule has 9 nitrogen and oxygen atoms in total. The van der Waals surface area contributed by atoms with E-state index in [-0.39, 0.29) is 23.9 Å². The van der Waals surface area contributed by atoms with Crippen LogP contribution >= 0.6 is 0 Å². The molecule has 0 radical (unpaired) electrons. The zero-order chi connectivity index (χ0) is 20.4. The van der Waals surface area contributed by atoms with Crippen molar-refractivity contribution in [2.75, 3.05) is 23.8 Å². The van der Waals surface area contributed by atoms with Gasteiger partial charge in [-0.3, -0.25) is 24.1 Å². The summed E-state index contributed by atoms with van der Waals surface area (Å²) in [5, 5.41) is 14.3. The molecule has 0 aliphatic carbocycles. The fourth-order valence-corrected chi connectivity index (χ4v) is 2.86. The summed E-state index contributed by atoms with van der Waals surface area (Å²) in [5.74, 6) is -0.530. The van der Waals surface area contributed by atoms with Crippen LogP contribution in [0.4, 0.5) is 17.2 Å². The van der Waals surface area contributed by atoms with Gasteiger partial charge in [-0.05, 0) is 43.2 Å². The maximum atomic E-state index is 12.5. The Labute approximate surface area is 160 Å². The first-order valence-electron chi connectivity index (χ1n) is 8.52. The SMILES string of the molecule is Cc1cccc(NC(=O)CN(C)c2nc3ccccn3c(=O)c2[N+](=O)[O-])c1C. The summed E-state index contributed by atoms with van der Waals surface area (Å²) < 4.78 is 1.10. The maximum absolute atomic E-state index is 12.5. The third kappa shape index (κ3) is 3.54. The lowest BCUT2D eigenvalue weighted by Gasteiger charge is -2.18. The molecule has 0 saturated carbocycles. The molecule has 2 heterocycles. The van der Waals surface area contributed by atoms with E-state index < -0.39 is 16.2 Å². The van der Waals surface area contributed by atoms with Crippen molar-refractivity contribution in [3.05, 3.63) is 74.2 Å². The predicted molar refractivity (Wildman–Crippen MR) is 106 cm³/mol. The molecule has 0 saturated heterocycles. The number of aromatic nitrogens is 2. The lowest BCUT2D eigenvalue weighted by molar-refractivity contribution is -0.385. The molecule has 0 unspecified atom stereocenters. The normalized spacial score (nSPS) is 10.7. The van der Waals surface area contributed by atoms with E-state index in [0.29, 0.717) is 5.69 Å². The van der Waals surface area contributed by atoms with Crippen LogP contribution < -0.4 is 15.8 Å². The molecule has 3 aromatic rings. The lowest BCUT2D eigenvalue weighted by Crippen LogP contribution is -2.33. The molecule has 1 aromatic carbocycles. The maximum Gasteiger partial charge on any atom is 0.376 e. The summed E-state index contributed by atoms with van der Waals surface area (Å²) in [5.41, 5.74) is 1.42. The van der Waals surface area contributed by atoms with Crippen LogP contribution in [-0.2, 0) is 4.79 Å². The number of carbonyl (C=O) groups is 1. The minimum absolute atomic E-state index is 0.155. The van der Waals surface area contributed by atoms with Gasteiger partial charge >= 0.3 is 11.2 Å². The van der Waals surface area contributed by atoms with Crippen molar-refractivity contribution >= 4 is 28.7 Å². The Morgan fingerprint density at radius 2 is 2.00 bits per heavy atom. The number of nitrogens with zero attached hydrogens (tertiary/aromatic N) is 4. The fourth-order valence-electron chi connectivity index (χ4n) is 2.86. The first kappa shape index (κ1) is 19.0. The standard InChI is InChI=1S/C19H19N5O4/c1-12-7-6-8-14(13(12)2)20-16(25)11-22(3)18-17(24(27)28)19(26)23-10-5-4-9-15(23)21-18/h4-10H,11H2,1-3H3,(H,20,25). The van der Waals surface area contributed by atoms with Crippen molar-refractivity contribution in [1.29, 1.82) is 0 Å². The van der Waals surface area contributed by atoms with Crippen molar-refractivity contribution in [3.63, 3.8) is 0 Å². The second-order valence-corrected chi connectivity index (χ2v) is 6.43. The number of pyridine rings is 1. The summed E-state index contributed by atoms with van der Waals surface area (Å²) in [6, 6.07) is 10.4. The summed E-state index contributed by atoms with van der Waals surface area (Å²) in [6.07, 6.45) is 1.41. The minimum atomic E-state index is -0.799. The van der Waals surface area contributed by atoms with Gasteiger partial charge in [-0.2, -0.15) is 0 Å². The number of amides is 1. The highest BCUT2D eigenvalue weighted by molar-refractivity contribution is 5.95. The van der Waals surface area contributed by atoms with E-state index in [4.69, 9.17) is 0 Å². The largest absolute Gasteiger partial charge is 0.376 e. The Kier molecular flexibility index (Phi) is 5.08. The monoisotopic (exact) mass is 381 g/mol. The van der Waals surface area contributed by atoms with Gasteiger partial charge in [-0.25, -0.2) is 4.98 Å². The van der Waals surface area contributed by atoms with E-state index in [0.717, 1.165) is 15.5 Å². The summed E-state index contributed by atoms with van der Waals surface area (Å²) >= 11 is 0. The second-order valence-electron chi connectivity index (χ2n) is 6.43. The molecule has 144 valence electrons. The molecule has 3 rings (SSSR count). The number of nitro groups is 1. The molecular weight excluding hydrogens is 362 g/mol. The average molecular weight is 381 g/mol. The average Bonchev–Trinajstić information content (AvgIpc) is 2.65. The van der Waals surface area contributed by atoms with Gasteiger partial charge in [0.1, 0.15) is 5.65 Å². The smallest absolute Gasteiger partial charge is 0.344 e. The van der Waals surface area contributed by atoms with E-state index >= 15 is 0 Å². The van der Waals surface area contributed by atoms with Crippen LogP contribution in [0, 0.1) is 24.0 Å². The van der Waals surface area contributed by atoms with Crippen LogP contribution in [0.5, 0.6) is 0 Å². The highest BCUT2D eigenvalue weighted by Gasteiger charge is 2.27. The number of fused-ring (bicyclic) bond motifs is 1. The number of carbonyl (C=O) groups excluding carboxylic acids is 1. The zero-order valence-electron chi connectivity index (χ0n) is 15.7. The van der Waals surface area contributed by atoms with Crippen LogP contribution in [0.1, 0.15) is 11.1 Å². The predicted octanol–water partition coefficient (Wildman–Crippen LogP) is 2.29. The molecule has 0 fully saturated rings. The highest BCUT2D eigenvalue weighted by Crippen LogP contribution is 2.22. The van der Waals surface area contributed by atoms with Crippen LogP contribution in [0.2, 0.25) is 0 Å². The molecule has 28 heavy (non-hydrogen) atoms. The van der Waals surface area contributed by atoms with Gasteiger partial charge in [0.2, 0.25) is 11.7 Å². The third-order valence-corrected chi connectivity index (χ3v) is 4.50. The molecule has 2 aromatic heterocycles. The van der Waals surface area contributed by atoms with Crippen LogP contribution in [0.25, 0.3) is 5.65 Å². The van der Waals surface area contributed by atoms with E-state index in [1.807, 2.05) is 26.0 Å².